The third kappa shape index (κ3) is 3.88. The van der Waals surface area contributed by atoms with Crippen LogP contribution in [0.5, 0.6) is 0 Å². The van der Waals surface area contributed by atoms with Gasteiger partial charge in [0.25, 0.3) is 5.91 Å². The highest BCUT2D eigenvalue weighted by Crippen LogP contribution is 2.22. The number of hydrogen-bond acceptors (Lipinski definition) is 4. The van der Waals surface area contributed by atoms with Crippen LogP contribution in [0.4, 0.5) is 5.82 Å². The number of nitrogens with zero attached hydrogens (tertiary/aromatic N) is 1. The molecule has 1 aromatic heterocycles. The van der Waals surface area contributed by atoms with Crippen molar-refractivity contribution in [3.05, 3.63) is 36.0 Å². The summed E-state index contributed by atoms with van der Waals surface area (Å²) in [5, 5.41) is 8.26. The van der Waals surface area contributed by atoms with Gasteiger partial charge in [-0.15, -0.1) is 0 Å². The van der Waals surface area contributed by atoms with Crippen molar-refractivity contribution in [3.63, 3.8) is 0 Å². The average molecular weight is 303 g/mol. The Labute approximate surface area is 129 Å². The van der Waals surface area contributed by atoms with Crippen LogP contribution in [0.3, 0.4) is 0 Å². The molecule has 0 bridgehead atoms. The topological polar surface area (TPSA) is 54.0 Å². The average Bonchev–Trinajstić information content (AvgIpc) is 2.47. The van der Waals surface area contributed by atoms with Gasteiger partial charge in [-0.3, -0.25) is 4.79 Å². The molecular formula is C16H21N3OS. The summed E-state index contributed by atoms with van der Waals surface area (Å²) in [5.74, 6) is 1.53. The summed E-state index contributed by atoms with van der Waals surface area (Å²) in [6.45, 7) is 4.79. The first kappa shape index (κ1) is 15.6. The number of fused-ring (bicyclic) bond motifs is 1. The number of nitrogens with one attached hydrogen (secondary N) is 2. The van der Waals surface area contributed by atoms with Crippen LogP contribution >= 0.6 is 11.8 Å². The molecule has 0 spiro atoms. The molecule has 2 aromatic rings. The van der Waals surface area contributed by atoms with Crippen LogP contribution in [-0.2, 0) is 0 Å². The van der Waals surface area contributed by atoms with E-state index in [-0.39, 0.29) is 11.9 Å². The summed E-state index contributed by atoms with van der Waals surface area (Å²) >= 11 is 1.71. The zero-order valence-corrected chi connectivity index (χ0v) is 13.5. The van der Waals surface area contributed by atoms with Crippen molar-refractivity contribution < 1.29 is 4.79 Å². The van der Waals surface area contributed by atoms with Crippen molar-refractivity contribution in [3.8, 4) is 0 Å². The predicted octanol–water partition coefficient (Wildman–Crippen LogP) is 3.15. The lowest BCUT2D eigenvalue weighted by Gasteiger charge is -2.14. The summed E-state index contributed by atoms with van der Waals surface area (Å²) in [6, 6.07) is 9.93. The van der Waals surface area contributed by atoms with Crippen molar-refractivity contribution >= 4 is 34.3 Å². The SMILES string of the molecule is CCNc1nc(C(=O)NC(C)CSC)cc2ccccc12. The van der Waals surface area contributed by atoms with Crippen LogP contribution in [0.25, 0.3) is 10.8 Å². The Morgan fingerprint density at radius 3 is 2.86 bits per heavy atom. The molecular weight excluding hydrogens is 282 g/mol. The first-order chi connectivity index (χ1) is 10.2. The third-order valence-corrected chi connectivity index (χ3v) is 3.94. The number of amides is 1. The smallest absolute Gasteiger partial charge is 0.270 e. The molecule has 112 valence electrons. The molecule has 1 heterocycles. The Morgan fingerprint density at radius 1 is 1.38 bits per heavy atom. The van der Waals surface area contributed by atoms with Crippen molar-refractivity contribution in [2.45, 2.75) is 19.9 Å². The van der Waals surface area contributed by atoms with E-state index in [9.17, 15) is 4.79 Å². The summed E-state index contributed by atoms with van der Waals surface area (Å²) in [6.07, 6.45) is 2.03. The largest absolute Gasteiger partial charge is 0.370 e. The molecule has 1 unspecified atom stereocenters. The summed E-state index contributed by atoms with van der Waals surface area (Å²) in [4.78, 5) is 16.8. The molecule has 0 saturated heterocycles. The minimum Gasteiger partial charge on any atom is -0.370 e. The van der Waals surface area contributed by atoms with Gasteiger partial charge in [0, 0.05) is 23.7 Å². The third-order valence-electron chi connectivity index (χ3n) is 3.11. The lowest BCUT2D eigenvalue weighted by Crippen LogP contribution is -2.34. The van der Waals surface area contributed by atoms with Crippen LogP contribution in [0.2, 0.25) is 0 Å². The molecule has 0 fully saturated rings. The Balaban J connectivity index is 2.33. The lowest BCUT2D eigenvalue weighted by atomic mass is 10.1. The molecule has 2 rings (SSSR count). The van der Waals surface area contributed by atoms with Crippen LogP contribution in [0.1, 0.15) is 24.3 Å². The molecule has 0 aliphatic carbocycles. The Morgan fingerprint density at radius 2 is 2.14 bits per heavy atom. The van der Waals surface area contributed by atoms with Gasteiger partial charge in [-0.2, -0.15) is 11.8 Å². The molecule has 0 radical (unpaired) electrons. The number of benzene rings is 1. The van der Waals surface area contributed by atoms with E-state index in [0.29, 0.717) is 5.69 Å². The molecule has 4 nitrogen and oxygen atoms in total. The number of hydrogen-bond donors (Lipinski definition) is 2. The van der Waals surface area contributed by atoms with Crippen LogP contribution in [0, 0.1) is 0 Å². The van der Waals surface area contributed by atoms with E-state index in [2.05, 4.69) is 15.6 Å². The number of anilines is 1. The maximum Gasteiger partial charge on any atom is 0.270 e. The van der Waals surface area contributed by atoms with Gasteiger partial charge in [-0.1, -0.05) is 24.3 Å². The molecule has 1 amide bonds. The number of carbonyl (C=O) groups is 1. The molecule has 2 N–H and O–H groups in total. The first-order valence-corrected chi connectivity index (χ1v) is 8.48. The van der Waals surface area contributed by atoms with Gasteiger partial charge in [0.05, 0.1) is 0 Å². The van der Waals surface area contributed by atoms with Gasteiger partial charge in [-0.25, -0.2) is 4.98 Å². The second-order valence-corrected chi connectivity index (χ2v) is 5.85. The minimum atomic E-state index is -0.124. The van der Waals surface area contributed by atoms with Crippen molar-refractivity contribution in [1.29, 1.82) is 0 Å². The van der Waals surface area contributed by atoms with Gasteiger partial charge < -0.3 is 10.6 Å². The normalized spacial score (nSPS) is 12.1. The van der Waals surface area contributed by atoms with Gasteiger partial charge in [-0.05, 0) is 31.6 Å². The van der Waals surface area contributed by atoms with Crippen molar-refractivity contribution in [1.82, 2.24) is 10.3 Å². The van der Waals surface area contributed by atoms with Gasteiger partial charge in [0.15, 0.2) is 0 Å². The molecule has 0 aliphatic rings. The van der Waals surface area contributed by atoms with Gasteiger partial charge >= 0.3 is 0 Å². The van der Waals surface area contributed by atoms with Crippen LogP contribution in [-0.4, -0.2) is 35.5 Å². The first-order valence-electron chi connectivity index (χ1n) is 7.09. The fraction of sp³-hybridized carbons (Fsp3) is 0.375. The van der Waals surface area contributed by atoms with Gasteiger partial charge in [0.1, 0.15) is 11.5 Å². The number of carbonyl (C=O) groups excluding carboxylic acids is 1. The minimum absolute atomic E-state index is 0.124. The number of pyridine rings is 1. The highest BCUT2D eigenvalue weighted by atomic mass is 32.2. The quantitative estimate of drug-likeness (QED) is 0.861. The van der Waals surface area contributed by atoms with Crippen molar-refractivity contribution in [2.24, 2.45) is 0 Å². The monoisotopic (exact) mass is 303 g/mol. The second kappa shape index (κ2) is 7.31. The molecule has 0 saturated carbocycles. The Kier molecular flexibility index (Phi) is 5.44. The van der Waals surface area contributed by atoms with E-state index in [1.54, 1.807) is 11.8 Å². The van der Waals surface area contributed by atoms with Crippen LogP contribution in [0.15, 0.2) is 30.3 Å². The maximum absolute atomic E-state index is 12.3. The fourth-order valence-electron chi connectivity index (χ4n) is 2.21. The van der Waals surface area contributed by atoms with E-state index < -0.39 is 0 Å². The number of aromatic nitrogens is 1. The highest BCUT2D eigenvalue weighted by Gasteiger charge is 2.13. The maximum atomic E-state index is 12.3. The van der Waals surface area contributed by atoms with Crippen molar-refractivity contribution in [2.75, 3.05) is 23.9 Å². The number of thioether (sulfide) groups is 1. The predicted molar refractivity (Wildman–Crippen MR) is 91.2 cm³/mol. The molecule has 5 heteroatoms. The standard InChI is InChI=1S/C16H21N3OS/c1-4-17-15-13-8-6-5-7-12(13)9-14(19-15)16(20)18-11(2)10-21-3/h5-9,11H,4,10H2,1-3H3,(H,17,19)(H,18,20). The second-order valence-electron chi connectivity index (χ2n) is 4.94. The molecule has 1 aromatic carbocycles. The van der Waals surface area contributed by atoms with Crippen LogP contribution < -0.4 is 10.6 Å². The zero-order valence-electron chi connectivity index (χ0n) is 12.6. The highest BCUT2D eigenvalue weighted by molar-refractivity contribution is 7.98. The summed E-state index contributed by atoms with van der Waals surface area (Å²) in [5.41, 5.74) is 0.456. The van der Waals surface area contributed by atoms with E-state index in [0.717, 1.165) is 28.9 Å². The zero-order chi connectivity index (χ0) is 15.2. The van der Waals surface area contributed by atoms with Gasteiger partial charge in [0.2, 0.25) is 0 Å². The molecule has 21 heavy (non-hydrogen) atoms. The van der Waals surface area contributed by atoms with E-state index in [1.165, 1.54) is 0 Å². The summed E-state index contributed by atoms with van der Waals surface area (Å²) in [7, 11) is 0. The van der Waals surface area contributed by atoms with E-state index in [4.69, 9.17) is 0 Å². The Bertz CT molecular complexity index is 630. The lowest BCUT2D eigenvalue weighted by molar-refractivity contribution is 0.0939. The molecule has 1 atom stereocenters. The van der Waals surface area contributed by atoms with E-state index >= 15 is 0 Å². The summed E-state index contributed by atoms with van der Waals surface area (Å²) < 4.78 is 0. The number of rotatable bonds is 6. The fourth-order valence-corrected chi connectivity index (χ4v) is 2.79. The molecule has 0 aliphatic heterocycles. The van der Waals surface area contributed by atoms with E-state index in [1.807, 2.05) is 50.4 Å². The Hall–Kier alpha value is -1.75.